The molecule has 0 unspecified atom stereocenters. The number of anilines is 2. The van der Waals surface area contributed by atoms with Gasteiger partial charge in [0.1, 0.15) is 5.75 Å². The molecule has 0 aliphatic rings. The van der Waals surface area contributed by atoms with Crippen molar-refractivity contribution in [3.63, 3.8) is 0 Å². The molecule has 0 bridgehead atoms. The molecule has 0 atom stereocenters. The lowest BCUT2D eigenvalue weighted by molar-refractivity contribution is -0.117. The zero-order valence-electron chi connectivity index (χ0n) is 16.0. The molecule has 1 N–H and O–H groups in total. The van der Waals surface area contributed by atoms with Gasteiger partial charge in [-0.3, -0.25) is 14.4 Å². The number of Topliss-reactive ketones (excluding diaryl/α,β-unsaturated/α-hetero) is 1. The Morgan fingerprint density at radius 2 is 1.81 bits per heavy atom. The van der Waals surface area contributed by atoms with Gasteiger partial charge in [0.15, 0.2) is 5.78 Å². The summed E-state index contributed by atoms with van der Waals surface area (Å²) < 4.78 is 5.34. The van der Waals surface area contributed by atoms with Crippen LogP contribution in [-0.4, -0.2) is 31.3 Å². The molecule has 0 aliphatic heterocycles. The van der Waals surface area contributed by atoms with E-state index in [1.807, 2.05) is 19.1 Å². The molecular formula is C21H24N2O4. The van der Waals surface area contributed by atoms with Crippen LogP contribution >= 0.6 is 0 Å². The second kappa shape index (κ2) is 8.98. The molecule has 2 aromatic carbocycles. The van der Waals surface area contributed by atoms with Crippen molar-refractivity contribution in [2.75, 3.05) is 23.9 Å². The summed E-state index contributed by atoms with van der Waals surface area (Å²) in [5, 5.41) is 2.76. The SMILES string of the molecule is COc1ccc(C)cc1N(CCC(=O)Nc1cccc(C(C)=O)c1)C(C)=O. The molecule has 0 aromatic heterocycles. The molecular weight excluding hydrogens is 344 g/mol. The van der Waals surface area contributed by atoms with Crippen LogP contribution in [0, 0.1) is 6.92 Å². The quantitative estimate of drug-likeness (QED) is 0.758. The molecule has 0 aliphatic carbocycles. The van der Waals surface area contributed by atoms with E-state index in [2.05, 4.69) is 5.32 Å². The van der Waals surface area contributed by atoms with Crippen LogP contribution in [0.15, 0.2) is 42.5 Å². The van der Waals surface area contributed by atoms with Crippen molar-refractivity contribution in [1.29, 1.82) is 0 Å². The van der Waals surface area contributed by atoms with Crippen LogP contribution < -0.4 is 15.0 Å². The van der Waals surface area contributed by atoms with Crippen molar-refractivity contribution in [2.24, 2.45) is 0 Å². The minimum Gasteiger partial charge on any atom is -0.495 e. The van der Waals surface area contributed by atoms with Crippen LogP contribution in [0.25, 0.3) is 0 Å². The van der Waals surface area contributed by atoms with Gasteiger partial charge < -0.3 is 15.0 Å². The molecule has 6 heteroatoms. The third kappa shape index (κ3) is 5.41. The highest BCUT2D eigenvalue weighted by molar-refractivity contribution is 5.98. The molecule has 0 spiro atoms. The molecule has 0 heterocycles. The number of aryl methyl sites for hydroxylation is 1. The average molecular weight is 368 g/mol. The van der Waals surface area contributed by atoms with E-state index in [0.29, 0.717) is 22.7 Å². The number of hydrogen-bond acceptors (Lipinski definition) is 4. The van der Waals surface area contributed by atoms with Gasteiger partial charge in [0, 0.05) is 31.1 Å². The molecule has 142 valence electrons. The average Bonchev–Trinajstić information content (AvgIpc) is 2.62. The van der Waals surface area contributed by atoms with E-state index in [-0.39, 0.29) is 30.6 Å². The highest BCUT2D eigenvalue weighted by Gasteiger charge is 2.18. The maximum Gasteiger partial charge on any atom is 0.226 e. The standard InChI is InChI=1S/C21H24N2O4/c1-14-8-9-20(27-4)19(12-14)23(16(3)25)11-10-21(26)22-18-7-5-6-17(13-18)15(2)24/h5-9,12-13H,10-11H2,1-4H3,(H,22,26). The Morgan fingerprint density at radius 3 is 2.44 bits per heavy atom. The van der Waals surface area contributed by atoms with Crippen LogP contribution in [0.1, 0.15) is 36.2 Å². The number of rotatable bonds is 7. The van der Waals surface area contributed by atoms with Crippen LogP contribution in [0.3, 0.4) is 0 Å². The summed E-state index contributed by atoms with van der Waals surface area (Å²) in [6.07, 6.45) is 0.112. The Labute approximate surface area is 159 Å². The molecule has 2 rings (SSSR count). The first-order valence-corrected chi connectivity index (χ1v) is 8.65. The smallest absolute Gasteiger partial charge is 0.226 e. The van der Waals surface area contributed by atoms with Crippen molar-refractivity contribution in [3.8, 4) is 5.75 Å². The number of hydrogen-bond donors (Lipinski definition) is 1. The molecule has 0 saturated carbocycles. The number of carbonyl (C=O) groups excluding carboxylic acids is 3. The van der Waals surface area contributed by atoms with Crippen LogP contribution in [0.5, 0.6) is 5.75 Å². The van der Waals surface area contributed by atoms with Crippen LogP contribution in [-0.2, 0) is 9.59 Å². The predicted molar refractivity (Wildman–Crippen MR) is 105 cm³/mol. The molecule has 2 amide bonds. The fourth-order valence-electron chi connectivity index (χ4n) is 2.71. The Balaban J connectivity index is 2.09. The van der Waals surface area contributed by atoms with Gasteiger partial charge >= 0.3 is 0 Å². The van der Waals surface area contributed by atoms with Crippen molar-refractivity contribution < 1.29 is 19.1 Å². The summed E-state index contributed by atoms with van der Waals surface area (Å²) in [4.78, 5) is 37.4. The number of amides is 2. The molecule has 0 saturated heterocycles. The van der Waals surface area contributed by atoms with E-state index >= 15 is 0 Å². The second-order valence-electron chi connectivity index (χ2n) is 6.28. The number of benzene rings is 2. The first kappa shape index (κ1) is 20.2. The van der Waals surface area contributed by atoms with Crippen molar-refractivity contribution >= 4 is 29.0 Å². The van der Waals surface area contributed by atoms with Crippen LogP contribution in [0.2, 0.25) is 0 Å². The predicted octanol–water partition coefficient (Wildman–Crippen LogP) is 3.59. The maximum absolute atomic E-state index is 12.3. The molecule has 27 heavy (non-hydrogen) atoms. The number of ketones is 1. The largest absolute Gasteiger partial charge is 0.495 e. The van der Waals surface area contributed by atoms with Gasteiger partial charge in [-0.2, -0.15) is 0 Å². The highest BCUT2D eigenvalue weighted by Crippen LogP contribution is 2.29. The Bertz CT molecular complexity index is 861. The summed E-state index contributed by atoms with van der Waals surface area (Å²) in [7, 11) is 1.54. The lowest BCUT2D eigenvalue weighted by Gasteiger charge is -2.23. The Hall–Kier alpha value is -3.15. The number of methoxy groups -OCH3 is 1. The zero-order chi connectivity index (χ0) is 20.0. The van der Waals surface area contributed by atoms with Gasteiger partial charge in [-0.05, 0) is 43.7 Å². The lowest BCUT2D eigenvalue weighted by atomic mass is 10.1. The topological polar surface area (TPSA) is 75.7 Å². The van der Waals surface area contributed by atoms with Gasteiger partial charge in [0.25, 0.3) is 0 Å². The van der Waals surface area contributed by atoms with E-state index in [4.69, 9.17) is 4.74 Å². The number of carbonyl (C=O) groups is 3. The highest BCUT2D eigenvalue weighted by atomic mass is 16.5. The fourth-order valence-corrected chi connectivity index (χ4v) is 2.71. The van der Waals surface area contributed by atoms with E-state index < -0.39 is 0 Å². The van der Waals surface area contributed by atoms with E-state index in [9.17, 15) is 14.4 Å². The zero-order valence-corrected chi connectivity index (χ0v) is 16.0. The van der Waals surface area contributed by atoms with Gasteiger partial charge in [0.05, 0.1) is 12.8 Å². The Morgan fingerprint density at radius 1 is 1.07 bits per heavy atom. The maximum atomic E-state index is 12.3. The minimum absolute atomic E-state index is 0.0691. The molecule has 2 aromatic rings. The first-order valence-electron chi connectivity index (χ1n) is 8.65. The van der Waals surface area contributed by atoms with E-state index in [0.717, 1.165) is 5.56 Å². The van der Waals surface area contributed by atoms with Gasteiger partial charge in [0.2, 0.25) is 11.8 Å². The van der Waals surface area contributed by atoms with Crippen molar-refractivity contribution in [2.45, 2.75) is 27.2 Å². The summed E-state index contributed by atoms with van der Waals surface area (Å²) in [6.45, 7) is 5.07. The normalized spacial score (nSPS) is 10.2. The second-order valence-corrected chi connectivity index (χ2v) is 6.28. The summed E-state index contributed by atoms with van der Waals surface area (Å²) in [6, 6.07) is 12.3. The number of nitrogens with one attached hydrogen (secondary N) is 1. The van der Waals surface area contributed by atoms with Gasteiger partial charge in [-0.25, -0.2) is 0 Å². The Kier molecular flexibility index (Phi) is 6.71. The summed E-state index contributed by atoms with van der Waals surface area (Å²) in [5.74, 6) is 0.0876. The van der Waals surface area contributed by atoms with E-state index in [1.165, 1.54) is 18.7 Å². The third-order valence-electron chi connectivity index (χ3n) is 4.12. The molecule has 6 nitrogen and oxygen atoms in total. The lowest BCUT2D eigenvalue weighted by Crippen LogP contribution is -2.32. The van der Waals surface area contributed by atoms with Gasteiger partial charge in [-0.1, -0.05) is 18.2 Å². The summed E-state index contributed by atoms with van der Waals surface area (Å²) >= 11 is 0. The minimum atomic E-state index is -0.242. The third-order valence-corrected chi connectivity index (χ3v) is 4.12. The molecule has 0 radical (unpaired) electrons. The number of ether oxygens (including phenoxy) is 1. The first-order chi connectivity index (χ1) is 12.8. The fraction of sp³-hybridized carbons (Fsp3) is 0.286. The van der Waals surface area contributed by atoms with E-state index in [1.54, 1.807) is 37.4 Å². The van der Waals surface area contributed by atoms with Crippen molar-refractivity contribution in [3.05, 3.63) is 53.6 Å². The van der Waals surface area contributed by atoms with Crippen molar-refractivity contribution in [1.82, 2.24) is 0 Å². The van der Waals surface area contributed by atoms with Gasteiger partial charge in [-0.15, -0.1) is 0 Å². The summed E-state index contributed by atoms with van der Waals surface area (Å²) in [5.41, 5.74) is 2.71. The monoisotopic (exact) mass is 368 g/mol. The number of nitrogens with zero attached hydrogens (tertiary/aromatic N) is 1. The molecule has 0 fully saturated rings. The van der Waals surface area contributed by atoms with Crippen LogP contribution in [0.4, 0.5) is 11.4 Å².